The van der Waals surface area contributed by atoms with E-state index in [9.17, 15) is 9.59 Å². The third-order valence-corrected chi connectivity index (χ3v) is 3.74. The molecule has 0 fully saturated rings. The molecule has 2 aromatic carbocycles. The highest BCUT2D eigenvalue weighted by Gasteiger charge is 2.21. The zero-order valence-electron chi connectivity index (χ0n) is 13.0. The first kappa shape index (κ1) is 16.7. The second kappa shape index (κ2) is 7.16. The molecule has 2 amide bonds. The molecule has 0 aliphatic carbocycles. The van der Waals surface area contributed by atoms with Crippen LogP contribution in [-0.4, -0.2) is 25.2 Å². The Morgan fingerprint density at radius 1 is 1.20 bits per heavy atom. The summed E-state index contributed by atoms with van der Waals surface area (Å²) in [7, 11) is 0. The van der Waals surface area contributed by atoms with Gasteiger partial charge in [0.25, 0.3) is 11.8 Å². The van der Waals surface area contributed by atoms with E-state index in [4.69, 9.17) is 27.5 Å². The fourth-order valence-electron chi connectivity index (χ4n) is 2.31. The summed E-state index contributed by atoms with van der Waals surface area (Å²) in [6.45, 7) is 0.150. The average Bonchev–Trinajstić information content (AvgIpc) is 3.09. The number of carbonyl (C=O) groups excluding carboxylic acids is 2. The number of amides is 2. The second-order valence-corrected chi connectivity index (χ2v) is 5.49. The zero-order chi connectivity index (χ0) is 17.8. The number of carbonyl (C=O) groups is 2. The highest BCUT2D eigenvalue weighted by atomic mass is 35.5. The molecule has 1 aliphatic rings. The molecule has 0 unspecified atom stereocenters. The van der Waals surface area contributed by atoms with Crippen molar-refractivity contribution in [1.29, 1.82) is 0 Å². The molecule has 6 nitrogen and oxygen atoms in total. The van der Waals surface area contributed by atoms with E-state index >= 15 is 0 Å². The van der Waals surface area contributed by atoms with Crippen LogP contribution < -0.4 is 20.1 Å². The van der Waals surface area contributed by atoms with Crippen LogP contribution in [0.5, 0.6) is 11.5 Å². The second-order valence-electron chi connectivity index (χ2n) is 5.08. The maximum atomic E-state index is 12.5. The van der Waals surface area contributed by atoms with Gasteiger partial charge in [-0.1, -0.05) is 29.7 Å². The lowest BCUT2D eigenvalue weighted by Crippen LogP contribution is -2.25. The molecule has 126 valence electrons. The first-order valence-corrected chi connectivity index (χ1v) is 7.69. The molecule has 2 aromatic rings. The van der Waals surface area contributed by atoms with Crippen LogP contribution in [0.15, 0.2) is 36.4 Å². The van der Waals surface area contributed by atoms with E-state index in [-0.39, 0.29) is 29.8 Å². The van der Waals surface area contributed by atoms with Crippen LogP contribution in [0.2, 0.25) is 5.02 Å². The van der Waals surface area contributed by atoms with Gasteiger partial charge in [0.2, 0.25) is 6.79 Å². The molecule has 1 heterocycles. The minimum Gasteiger partial charge on any atom is -0.454 e. The van der Waals surface area contributed by atoms with Crippen molar-refractivity contribution in [3.63, 3.8) is 0 Å². The quantitative estimate of drug-likeness (QED) is 0.826. The molecule has 0 bridgehead atoms. The van der Waals surface area contributed by atoms with Gasteiger partial charge in [-0.2, -0.15) is 0 Å². The van der Waals surface area contributed by atoms with Crippen LogP contribution in [0.1, 0.15) is 20.7 Å². The Kier molecular flexibility index (Phi) is 4.78. The van der Waals surface area contributed by atoms with Gasteiger partial charge in [-0.05, 0) is 24.3 Å². The van der Waals surface area contributed by atoms with Crippen molar-refractivity contribution in [3.05, 3.63) is 52.5 Å². The van der Waals surface area contributed by atoms with Gasteiger partial charge in [0.15, 0.2) is 11.5 Å². The van der Waals surface area contributed by atoms with Crippen LogP contribution in [0, 0.1) is 12.3 Å². The topological polar surface area (TPSA) is 76.7 Å². The summed E-state index contributed by atoms with van der Waals surface area (Å²) in [5.74, 6) is 2.32. The predicted molar refractivity (Wildman–Crippen MR) is 93.1 cm³/mol. The molecular weight excluding hydrogens is 344 g/mol. The number of anilines is 1. The largest absolute Gasteiger partial charge is 0.454 e. The summed E-state index contributed by atoms with van der Waals surface area (Å²) in [6.07, 6.45) is 5.14. The summed E-state index contributed by atoms with van der Waals surface area (Å²) in [5.41, 5.74) is 0.946. The molecule has 1 aliphatic heterocycles. The van der Waals surface area contributed by atoms with Crippen molar-refractivity contribution in [2.45, 2.75) is 0 Å². The number of nitrogens with one attached hydrogen (secondary N) is 2. The first-order chi connectivity index (χ1) is 12.1. The van der Waals surface area contributed by atoms with E-state index in [1.54, 1.807) is 24.3 Å². The number of terminal acetylenes is 1. The number of hydrogen-bond donors (Lipinski definition) is 2. The lowest BCUT2D eigenvalue weighted by Gasteiger charge is -2.11. The Labute approximate surface area is 149 Å². The van der Waals surface area contributed by atoms with Crippen LogP contribution in [0.3, 0.4) is 0 Å². The molecule has 0 radical (unpaired) electrons. The van der Waals surface area contributed by atoms with E-state index in [0.29, 0.717) is 22.7 Å². The smallest absolute Gasteiger partial charge is 0.255 e. The number of hydrogen-bond acceptors (Lipinski definition) is 4. The number of para-hydroxylation sites is 1. The molecule has 0 saturated carbocycles. The maximum absolute atomic E-state index is 12.5. The van der Waals surface area contributed by atoms with Crippen LogP contribution in [-0.2, 0) is 0 Å². The van der Waals surface area contributed by atoms with Crippen molar-refractivity contribution in [1.82, 2.24) is 5.32 Å². The van der Waals surface area contributed by atoms with Gasteiger partial charge >= 0.3 is 0 Å². The maximum Gasteiger partial charge on any atom is 0.255 e. The summed E-state index contributed by atoms with van der Waals surface area (Å²) in [5, 5.41) is 5.54. The molecule has 0 saturated heterocycles. The Morgan fingerprint density at radius 2 is 2.00 bits per heavy atom. The fourth-order valence-corrected chi connectivity index (χ4v) is 2.57. The van der Waals surface area contributed by atoms with Crippen LogP contribution in [0.25, 0.3) is 0 Å². The van der Waals surface area contributed by atoms with Crippen molar-refractivity contribution in [3.8, 4) is 23.8 Å². The van der Waals surface area contributed by atoms with Gasteiger partial charge in [-0.25, -0.2) is 0 Å². The zero-order valence-corrected chi connectivity index (χ0v) is 13.7. The van der Waals surface area contributed by atoms with E-state index in [2.05, 4.69) is 16.6 Å². The number of benzene rings is 2. The Bertz CT molecular complexity index is 889. The lowest BCUT2D eigenvalue weighted by atomic mass is 10.1. The van der Waals surface area contributed by atoms with Crippen LogP contribution in [0.4, 0.5) is 5.69 Å². The van der Waals surface area contributed by atoms with Crippen molar-refractivity contribution < 1.29 is 19.1 Å². The van der Waals surface area contributed by atoms with Gasteiger partial charge in [0.1, 0.15) is 0 Å². The highest BCUT2D eigenvalue weighted by Crippen LogP contribution is 2.39. The molecule has 3 rings (SSSR count). The van der Waals surface area contributed by atoms with Crippen molar-refractivity contribution in [2.24, 2.45) is 0 Å². The lowest BCUT2D eigenvalue weighted by molar-refractivity contribution is 0.0959. The van der Waals surface area contributed by atoms with E-state index in [1.807, 2.05) is 0 Å². The molecule has 2 N–H and O–H groups in total. The minimum atomic E-state index is -0.433. The summed E-state index contributed by atoms with van der Waals surface area (Å²) >= 11 is 6.09. The van der Waals surface area contributed by atoms with Crippen molar-refractivity contribution >= 4 is 29.1 Å². The first-order valence-electron chi connectivity index (χ1n) is 7.31. The van der Waals surface area contributed by atoms with Gasteiger partial charge < -0.3 is 20.1 Å². The molecular formula is C18H13ClN2O4. The Hall–Kier alpha value is -3.17. The monoisotopic (exact) mass is 356 g/mol. The van der Waals surface area contributed by atoms with Gasteiger partial charge in [-0.15, -0.1) is 6.42 Å². The molecule has 7 heteroatoms. The molecule has 0 aromatic heterocycles. The SMILES string of the molecule is C#CCNC(=O)c1ccccc1NC(=O)c1cc(Cl)c2c(c1)OCO2. The van der Waals surface area contributed by atoms with Gasteiger partial charge in [0.05, 0.1) is 22.8 Å². The van der Waals surface area contributed by atoms with Gasteiger partial charge in [-0.3, -0.25) is 9.59 Å². The molecule has 0 atom stereocenters. The van der Waals surface area contributed by atoms with E-state index in [1.165, 1.54) is 12.1 Å². The average molecular weight is 357 g/mol. The number of rotatable bonds is 4. The third kappa shape index (κ3) is 3.52. The molecule has 0 spiro atoms. The normalized spacial score (nSPS) is 11.5. The van der Waals surface area contributed by atoms with Crippen molar-refractivity contribution in [2.75, 3.05) is 18.7 Å². The number of fused-ring (bicyclic) bond motifs is 1. The summed E-state index contributed by atoms with van der Waals surface area (Å²) in [4.78, 5) is 24.7. The number of ether oxygens (including phenoxy) is 2. The molecule has 25 heavy (non-hydrogen) atoms. The Balaban J connectivity index is 1.84. The highest BCUT2D eigenvalue weighted by molar-refractivity contribution is 6.33. The predicted octanol–water partition coefficient (Wildman–Crippen LogP) is 2.68. The number of halogens is 1. The minimum absolute atomic E-state index is 0.0539. The van der Waals surface area contributed by atoms with Crippen LogP contribution >= 0.6 is 11.6 Å². The fraction of sp³-hybridized carbons (Fsp3) is 0.111. The summed E-state index contributed by atoms with van der Waals surface area (Å²) < 4.78 is 10.5. The summed E-state index contributed by atoms with van der Waals surface area (Å²) in [6, 6.07) is 9.62. The van der Waals surface area contributed by atoms with E-state index < -0.39 is 5.91 Å². The standard InChI is InChI=1S/C18H13ClN2O4/c1-2-7-20-18(23)12-5-3-4-6-14(12)21-17(22)11-8-13(19)16-15(9-11)24-10-25-16/h1,3-6,8-9H,7,10H2,(H,20,23)(H,21,22). The third-order valence-electron chi connectivity index (χ3n) is 3.46. The van der Waals surface area contributed by atoms with Gasteiger partial charge in [0, 0.05) is 5.56 Å². The Morgan fingerprint density at radius 3 is 2.80 bits per heavy atom. The van der Waals surface area contributed by atoms with E-state index in [0.717, 1.165) is 0 Å².